The lowest BCUT2D eigenvalue weighted by molar-refractivity contribution is -0.126. The van der Waals surface area contributed by atoms with Crippen LogP contribution in [0.25, 0.3) is 0 Å². The predicted molar refractivity (Wildman–Crippen MR) is 101 cm³/mol. The summed E-state index contributed by atoms with van der Waals surface area (Å²) in [4.78, 5) is 35.8. The number of hydrogen-bond donors (Lipinski definition) is 2. The molecular formula is C20H24N2O5. The number of ether oxygens (including phenoxy) is 1. The van der Waals surface area contributed by atoms with E-state index in [2.05, 4.69) is 10.6 Å². The van der Waals surface area contributed by atoms with Crippen LogP contribution < -0.4 is 10.6 Å². The summed E-state index contributed by atoms with van der Waals surface area (Å²) in [5.41, 5.74) is 4.03. The summed E-state index contributed by atoms with van der Waals surface area (Å²) < 4.78 is 10.2. The van der Waals surface area contributed by atoms with Gasteiger partial charge in [0.25, 0.3) is 5.91 Å². The molecule has 7 heteroatoms. The smallest absolute Gasteiger partial charge is 0.342 e. The van der Waals surface area contributed by atoms with E-state index in [4.69, 9.17) is 9.15 Å². The van der Waals surface area contributed by atoms with Crippen LogP contribution in [0.1, 0.15) is 38.6 Å². The number of carbonyl (C=O) groups is 3. The highest BCUT2D eigenvalue weighted by atomic mass is 16.5. The quantitative estimate of drug-likeness (QED) is 0.760. The van der Waals surface area contributed by atoms with Gasteiger partial charge in [-0.3, -0.25) is 9.59 Å². The minimum Gasteiger partial charge on any atom is -0.466 e. The van der Waals surface area contributed by atoms with Gasteiger partial charge in [0.05, 0.1) is 6.54 Å². The van der Waals surface area contributed by atoms with E-state index >= 15 is 0 Å². The summed E-state index contributed by atoms with van der Waals surface area (Å²) >= 11 is 0. The van der Waals surface area contributed by atoms with Crippen LogP contribution in [0.3, 0.4) is 0 Å². The molecule has 0 saturated heterocycles. The van der Waals surface area contributed by atoms with Crippen molar-refractivity contribution in [3.05, 3.63) is 52.0 Å². The average molecular weight is 372 g/mol. The maximum atomic E-state index is 12.1. The van der Waals surface area contributed by atoms with Crippen molar-refractivity contribution in [3.8, 4) is 0 Å². The molecule has 0 aliphatic carbocycles. The van der Waals surface area contributed by atoms with Crippen molar-refractivity contribution in [2.45, 2.75) is 34.6 Å². The lowest BCUT2D eigenvalue weighted by atomic mass is 10.1. The van der Waals surface area contributed by atoms with Crippen molar-refractivity contribution in [2.24, 2.45) is 0 Å². The Bertz CT molecular complexity index is 859. The van der Waals surface area contributed by atoms with Gasteiger partial charge in [-0.25, -0.2) is 4.79 Å². The summed E-state index contributed by atoms with van der Waals surface area (Å²) in [6.45, 7) is 8.47. The number of hydrogen-bond acceptors (Lipinski definition) is 5. The van der Waals surface area contributed by atoms with Crippen LogP contribution in [-0.2, 0) is 14.3 Å². The number of amides is 2. The number of benzene rings is 1. The number of anilines is 1. The summed E-state index contributed by atoms with van der Waals surface area (Å²) in [6, 6.07) is 5.50. The highest BCUT2D eigenvalue weighted by Crippen LogP contribution is 2.21. The zero-order valence-electron chi connectivity index (χ0n) is 16.2. The van der Waals surface area contributed by atoms with E-state index in [0.717, 1.165) is 22.4 Å². The van der Waals surface area contributed by atoms with Gasteiger partial charge in [0.1, 0.15) is 17.1 Å². The monoisotopic (exact) mass is 372 g/mol. The normalized spacial score (nSPS) is 10.4. The van der Waals surface area contributed by atoms with E-state index in [1.54, 1.807) is 19.9 Å². The minimum absolute atomic E-state index is 0.215. The van der Waals surface area contributed by atoms with Gasteiger partial charge in [0, 0.05) is 5.69 Å². The molecule has 144 valence electrons. The van der Waals surface area contributed by atoms with Crippen LogP contribution in [-0.4, -0.2) is 30.9 Å². The maximum Gasteiger partial charge on any atom is 0.342 e. The third-order valence-electron chi connectivity index (χ3n) is 3.98. The molecule has 2 amide bonds. The molecule has 0 unspecified atom stereocenters. The first-order valence-electron chi connectivity index (χ1n) is 8.56. The van der Waals surface area contributed by atoms with Crippen molar-refractivity contribution in [2.75, 3.05) is 18.5 Å². The first-order chi connectivity index (χ1) is 12.7. The molecular weight excluding hydrogens is 348 g/mol. The van der Waals surface area contributed by atoms with Gasteiger partial charge in [0.15, 0.2) is 6.61 Å². The average Bonchev–Trinajstić information content (AvgIpc) is 2.92. The number of furan rings is 1. The number of rotatable bonds is 6. The van der Waals surface area contributed by atoms with Crippen LogP contribution >= 0.6 is 0 Å². The first kappa shape index (κ1) is 20.2. The van der Waals surface area contributed by atoms with Crippen molar-refractivity contribution < 1.29 is 23.5 Å². The first-order valence-corrected chi connectivity index (χ1v) is 8.56. The van der Waals surface area contributed by atoms with Crippen LogP contribution in [0.15, 0.2) is 22.6 Å². The molecule has 0 bridgehead atoms. The standard InChI is InChI=1S/C20H24N2O5/c1-11-6-12(2)19(13(3)7-11)22-17(23)9-21-18(24)10-26-20(25)16-8-14(4)27-15(16)5/h6-8H,9-10H2,1-5H3,(H,21,24)(H,22,23). The molecule has 0 radical (unpaired) electrons. The van der Waals surface area contributed by atoms with Gasteiger partial charge in [0.2, 0.25) is 5.91 Å². The number of esters is 1. The molecule has 1 heterocycles. The predicted octanol–water partition coefficient (Wildman–Crippen LogP) is 2.73. The van der Waals surface area contributed by atoms with E-state index < -0.39 is 18.5 Å². The molecule has 2 aromatic rings. The Labute approximate surface area is 158 Å². The summed E-state index contributed by atoms with van der Waals surface area (Å²) in [5, 5.41) is 5.22. The molecule has 7 nitrogen and oxygen atoms in total. The van der Waals surface area contributed by atoms with E-state index in [1.807, 2.05) is 32.9 Å². The van der Waals surface area contributed by atoms with Gasteiger partial charge in [-0.1, -0.05) is 17.7 Å². The molecule has 0 aliphatic heterocycles. The molecule has 0 spiro atoms. The van der Waals surface area contributed by atoms with Crippen molar-refractivity contribution >= 4 is 23.5 Å². The largest absolute Gasteiger partial charge is 0.466 e. The van der Waals surface area contributed by atoms with Crippen molar-refractivity contribution in [3.63, 3.8) is 0 Å². The molecule has 0 fully saturated rings. The molecule has 1 aromatic heterocycles. The Kier molecular flexibility index (Phi) is 6.39. The molecule has 2 N–H and O–H groups in total. The second kappa shape index (κ2) is 8.53. The highest BCUT2D eigenvalue weighted by Gasteiger charge is 2.17. The zero-order valence-corrected chi connectivity index (χ0v) is 16.2. The van der Waals surface area contributed by atoms with Crippen LogP contribution in [0.4, 0.5) is 5.69 Å². The molecule has 0 saturated carbocycles. The Hall–Kier alpha value is -3.09. The fraction of sp³-hybridized carbons (Fsp3) is 0.350. The van der Waals surface area contributed by atoms with E-state index in [-0.39, 0.29) is 18.0 Å². The maximum absolute atomic E-state index is 12.1. The van der Waals surface area contributed by atoms with Gasteiger partial charge in [-0.05, 0) is 51.8 Å². The summed E-state index contributed by atoms with van der Waals surface area (Å²) in [6.07, 6.45) is 0. The van der Waals surface area contributed by atoms with Crippen LogP contribution in [0.2, 0.25) is 0 Å². The number of carbonyl (C=O) groups excluding carboxylic acids is 3. The Morgan fingerprint density at radius 2 is 1.59 bits per heavy atom. The molecule has 27 heavy (non-hydrogen) atoms. The third kappa shape index (κ3) is 5.44. The fourth-order valence-electron chi connectivity index (χ4n) is 2.83. The molecule has 0 atom stereocenters. The lowest BCUT2D eigenvalue weighted by Gasteiger charge is -2.13. The Morgan fingerprint density at radius 3 is 2.15 bits per heavy atom. The van der Waals surface area contributed by atoms with Crippen molar-refractivity contribution in [1.29, 1.82) is 0 Å². The molecule has 0 aliphatic rings. The minimum atomic E-state index is -0.644. The molecule has 1 aromatic carbocycles. The van der Waals surface area contributed by atoms with E-state index in [1.165, 1.54) is 0 Å². The Balaban J connectivity index is 1.81. The zero-order chi connectivity index (χ0) is 20.1. The van der Waals surface area contributed by atoms with Gasteiger partial charge >= 0.3 is 5.97 Å². The topological polar surface area (TPSA) is 97.6 Å². The number of nitrogens with one attached hydrogen (secondary N) is 2. The Morgan fingerprint density at radius 1 is 0.963 bits per heavy atom. The lowest BCUT2D eigenvalue weighted by Crippen LogP contribution is -2.35. The van der Waals surface area contributed by atoms with E-state index in [0.29, 0.717) is 11.5 Å². The van der Waals surface area contributed by atoms with Gasteiger partial charge < -0.3 is 19.8 Å². The van der Waals surface area contributed by atoms with Gasteiger partial charge in [-0.2, -0.15) is 0 Å². The molecule has 2 rings (SSSR count). The summed E-state index contributed by atoms with van der Waals surface area (Å²) in [7, 11) is 0. The van der Waals surface area contributed by atoms with Crippen LogP contribution in [0, 0.1) is 34.6 Å². The summed E-state index contributed by atoms with van der Waals surface area (Å²) in [5.74, 6) is -0.544. The van der Waals surface area contributed by atoms with Crippen molar-refractivity contribution in [1.82, 2.24) is 5.32 Å². The SMILES string of the molecule is Cc1cc(C)c(NC(=O)CNC(=O)COC(=O)c2cc(C)oc2C)c(C)c1. The third-order valence-corrected chi connectivity index (χ3v) is 3.98. The number of aryl methyl sites for hydroxylation is 5. The second-order valence-corrected chi connectivity index (χ2v) is 6.50. The second-order valence-electron chi connectivity index (χ2n) is 6.50. The van der Waals surface area contributed by atoms with Gasteiger partial charge in [-0.15, -0.1) is 0 Å². The highest BCUT2D eigenvalue weighted by molar-refractivity contribution is 5.96. The van der Waals surface area contributed by atoms with Crippen LogP contribution in [0.5, 0.6) is 0 Å². The fourth-order valence-corrected chi connectivity index (χ4v) is 2.83. The van der Waals surface area contributed by atoms with E-state index in [9.17, 15) is 14.4 Å².